The predicted octanol–water partition coefficient (Wildman–Crippen LogP) is 11.9. The quantitative estimate of drug-likeness (QED) is 0.177. The summed E-state index contributed by atoms with van der Waals surface area (Å²) in [5.41, 5.74) is 8.86. The van der Waals surface area contributed by atoms with Crippen LogP contribution in [0.4, 0.5) is 0 Å². The maximum Gasteiger partial charge on any atom is 0.235 e. The van der Waals surface area contributed by atoms with E-state index in [1.807, 2.05) is 0 Å². The molecule has 0 N–H and O–H groups in total. The maximum absolute atomic E-state index is 5.54. The Hall–Kier alpha value is -6.78. The van der Waals surface area contributed by atoms with Crippen LogP contribution >= 0.6 is 0 Å². The van der Waals surface area contributed by atoms with Gasteiger partial charge in [-0.05, 0) is 52.6 Å². The molecule has 0 amide bonds. The van der Waals surface area contributed by atoms with Crippen molar-refractivity contribution in [2.75, 3.05) is 0 Å². The van der Waals surface area contributed by atoms with Crippen molar-refractivity contribution in [1.29, 1.82) is 0 Å². The van der Waals surface area contributed by atoms with Crippen LogP contribution in [0.5, 0.6) is 0 Å². The van der Waals surface area contributed by atoms with Crippen LogP contribution < -0.4 is 0 Å². The van der Waals surface area contributed by atoms with Crippen LogP contribution in [0, 0.1) is 0 Å². The van der Waals surface area contributed by atoms with Gasteiger partial charge in [0.1, 0.15) is 0 Å². The Morgan fingerprint density at radius 1 is 0.380 bits per heavy atom. The molecule has 12 rings (SSSR count). The van der Waals surface area contributed by atoms with E-state index in [9.17, 15) is 0 Å². The van der Waals surface area contributed by atoms with Crippen molar-refractivity contribution in [3.8, 4) is 17.2 Å². The van der Waals surface area contributed by atoms with E-state index < -0.39 is 0 Å². The van der Waals surface area contributed by atoms with Crippen LogP contribution in [-0.2, 0) is 0 Å². The largest absolute Gasteiger partial charge is 0.308 e. The Morgan fingerprint density at radius 3 is 1.80 bits per heavy atom. The van der Waals surface area contributed by atoms with Crippen molar-refractivity contribution < 1.29 is 0 Å². The highest BCUT2D eigenvalue weighted by molar-refractivity contribution is 6.34. The first-order chi connectivity index (χ1) is 24.8. The zero-order valence-corrected chi connectivity index (χ0v) is 26.8. The molecule has 4 aromatic heterocycles. The Bertz CT molecular complexity index is 3380. The SMILES string of the molecule is c1ccc2cc(-c3nc(-n4c5ccccc5c5cc6c7ccccc7n7c8ccccc8c(c54)c67)nc4c3ccc3ccccc34)ccc2c1. The zero-order valence-electron chi connectivity index (χ0n) is 26.8. The summed E-state index contributed by atoms with van der Waals surface area (Å²) in [5.74, 6) is 0.672. The third kappa shape index (κ3) is 3.30. The van der Waals surface area contributed by atoms with E-state index in [0.29, 0.717) is 5.95 Å². The average molecular weight is 635 g/mol. The highest BCUT2D eigenvalue weighted by Crippen LogP contribution is 2.46. The fraction of sp³-hybridized carbons (Fsp3) is 0. The third-order valence-electron chi connectivity index (χ3n) is 10.8. The molecule has 0 bridgehead atoms. The van der Waals surface area contributed by atoms with Gasteiger partial charge in [-0.25, -0.2) is 9.97 Å². The van der Waals surface area contributed by atoms with Crippen LogP contribution in [0.15, 0.2) is 158 Å². The Labute approximate surface area is 285 Å². The minimum atomic E-state index is 0.672. The van der Waals surface area contributed by atoms with Crippen LogP contribution in [-0.4, -0.2) is 18.9 Å². The van der Waals surface area contributed by atoms with Crippen molar-refractivity contribution in [2.45, 2.75) is 0 Å². The molecule has 0 aliphatic heterocycles. The minimum absolute atomic E-state index is 0.672. The number of para-hydroxylation sites is 3. The van der Waals surface area contributed by atoms with Gasteiger partial charge in [-0.2, -0.15) is 0 Å². The van der Waals surface area contributed by atoms with E-state index in [2.05, 4.69) is 167 Å². The number of hydrogen-bond donors (Lipinski definition) is 0. The molecule has 4 heteroatoms. The third-order valence-corrected chi connectivity index (χ3v) is 10.8. The lowest BCUT2D eigenvalue weighted by Gasteiger charge is -2.14. The second kappa shape index (κ2) is 9.43. The van der Waals surface area contributed by atoms with Crippen LogP contribution in [0.1, 0.15) is 0 Å². The Morgan fingerprint density at radius 2 is 0.980 bits per heavy atom. The summed E-state index contributed by atoms with van der Waals surface area (Å²) in [7, 11) is 0. The van der Waals surface area contributed by atoms with E-state index in [0.717, 1.165) is 44.0 Å². The maximum atomic E-state index is 5.54. The summed E-state index contributed by atoms with van der Waals surface area (Å²) >= 11 is 0. The van der Waals surface area contributed by atoms with E-state index in [1.165, 1.54) is 59.6 Å². The van der Waals surface area contributed by atoms with Crippen molar-refractivity contribution in [2.24, 2.45) is 0 Å². The molecule has 50 heavy (non-hydrogen) atoms. The Kier molecular flexibility index (Phi) is 4.94. The van der Waals surface area contributed by atoms with Gasteiger partial charge < -0.3 is 4.40 Å². The smallest absolute Gasteiger partial charge is 0.235 e. The molecule has 0 unspecified atom stereocenters. The molecule has 0 aliphatic rings. The minimum Gasteiger partial charge on any atom is -0.308 e. The lowest BCUT2D eigenvalue weighted by atomic mass is 10.00. The van der Waals surface area contributed by atoms with Gasteiger partial charge in [0.05, 0.1) is 38.8 Å². The van der Waals surface area contributed by atoms with Gasteiger partial charge in [-0.3, -0.25) is 4.57 Å². The molecular weight excluding hydrogens is 609 g/mol. The summed E-state index contributed by atoms with van der Waals surface area (Å²) in [6.07, 6.45) is 0. The first-order valence-corrected chi connectivity index (χ1v) is 17.1. The highest BCUT2D eigenvalue weighted by atomic mass is 15.2. The van der Waals surface area contributed by atoms with E-state index in [4.69, 9.17) is 9.97 Å². The molecular formula is C46H26N4. The highest BCUT2D eigenvalue weighted by Gasteiger charge is 2.25. The van der Waals surface area contributed by atoms with Gasteiger partial charge in [0.2, 0.25) is 5.95 Å². The Balaban J connectivity index is 1.31. The predicted molar refractivity (Wildman–Crippen MR) is 209 cm³/mol. The van der Waals surface area contributed by atoms with Gasteiger partial charge >= 0.3 is 0 Å². The molecule has 0 saturated carbocycles. The van der Waals surface area contributed by atoms with Crippen molar-refractivity contribution in [3.63, 3.8) is 0 Å². The van der Waals surface area contributed by atoms with Crippen LogP contribution in [0.25, 0.3) is 110 Å². The standard InChI is InChI=1S/C46H26N4/c1-2-13-29-25-30(22-21-27(29)11-1)42-35-24-23-28-12-3-4-14-31(28)43(35)48-46(47-42)50-39-19-9-6-16-33(39)37-26-36-32-15-5-8-18-38(32)49-40-20-10-7-17-34(40)41(44(36)49)45(37)50/h1-26H. The molecule has 4 heterocycles. The average Bonchev–Trinajstić information content (AvgIpc) is 3.82. The van der Waals surface area contributed by atoms with Crippen LogP contribution in [0.3, 0.4) is 0 Å². The molecule has 0 spiro atoms. The first-order valence-electron chi connectivity index (χ1n) is 17.1. The topological polar surface area (TPSA) is 35.1 Å². The lowest BCUT2D eigenvalue weighted by molar-refractivity contribution is 1.02. The van der Waals surface area contributed by atoms with Gasteiger partial charge in [0.25, 0.3) is 0 Å². The van der Waals surface area contributed by atoms with Gasteiger partial charge in [0.15, 0.2) is 0 Å². The summed E-state index contributed by atoms with van der Waals surface area (Å²) in [6.45, 7) is 0. The van der Waals surface area contributed by atoms with Gasteiger partial charge in [-0.1, -0.05) is 121 Å². The molecule has 12 aromatic rings. The molecule has 0 saturated heterocycles. The number of aromatic nitrogens is 4. The molecule has 4 nitrogen and oxygen atoms in total. The number of benzene rings is 8. The van der Waals surface area contributed by atoms with Crippen molar-refractivity contribution >= 4 is 92.3 Å². The lowest BCUT2D eigenvalue weighted by Crippen LogP contribution is -2.04. The second-order valence-electron chi connectivity index (χ2n) is 13.4. The summed E-state index contributed by atoms with van der Waals surface area (Å²) in [5, 5.41) is 13.1. The zero-order chi connectivity index (χ0) is 32.5. The molecule has 0 aliphatic carbocycles. The molecule has 0 radical (unpaired) electrons. The summed E-state index contributed by atoms with van der Waals surface area (Å²) < 4.78 is 4.78. The fourth-order valence-electron chi connectivity index (χ4n) is 8.67. The molecule has 0 atom stereocenters. The molecule has 230 valence electrons. The van der Waals surface area contributed by atoms with E-state index in [-0.39, 0.29) is 0 Å². The van der Waals surface area contributed by atoms with Crippen molar-refractivity contribution in [1.82, 2.24) is 18.9 Å². The molecule has 8 aromatic carbocycles. The van der Waals surface area contributed by atoms with Crippen molar-refractivity contribution in [3.05, 3.63) is 158 Å². The normalized spacial score (nSPS) is 12.4. The number of nitrogens with zero attached hydrogens (tertiary/aromatic N) is 4. The van der Waals surface area contributed by atoms with Crippen LogP contribution in [0.2, 0.25) is 0 Å². The van der Waals surface area contributed by atoms with E-state index >= 15 is 0 Å². The molecule has 0 fully saturated rings. The van der Waals surface area contributed by atoms with Gasteiger partial charge in [0, 0.05) is 48.7 Å². The second-order valence-corrected chi connectivity index (χ2v) is 13.4. The number of rotatable bonds is 2. The fourth-order valence-corrected chi connectivity index (χ4v) is 8.67. The number of fused-ring (bicyclic) bond motifs is 14. The summed E-state index contributed by atoms with van der Waals surface area (Å²) in [4.78, 5) is 11.1. The van der Waals surface area contributed by atoms with E-state index in [1.54, 1.807) is 0 Å². The van der Waals surface area contributed by atoms with Gasteiger partial charge in [-0.15, -0.1) is 0 Å². The number of hydrogen-bond acceptors (Lipinski definition) is 2. The monoisotopic (exact) mass is 634 g/mol. The first kappa shape index (κ1) is 26.2. The summed E-state index contributed by atoms with van der Waals surface area (Å²) in [6, 6.07) is 56.8.